The van der Waals surface area contributed by atoms with Gasteiger partial charge >= 0.3 is 0 Å². The smallest absolute Gasteiger partial charge is 0.273 e. The summed E-state index contributed by atoms with van der Waals surface area (Å²) in [5.74, 6) is 0.489. The molecule has 1 aliphatic rings. The third-order valence-corrected chi connectivity index (χ3v) is 4.04. The van der Waals surface area contributed by atoms with Gasteiger partial charge in [0.2, 0.25) is 0 Å². The Kier molecular flexibility index (Phi) is 4.67. The summed E-state index contributed by atoms with van der Waals surface area (Å²) in [6.45, 7) is 0.568. The highest BCUT2D eigenvalue weighted by atomic mass is 35.5. The third-order valence-electron chi connectivity index (χ3n) is 3.85. The van der Waals surface area contributed by atoms with Gasteiger partial charge in [-0.2, -0.15) is 0 Å². The first-order valence-corrected chi connectivity index (χ1v) is 7.21. The minimum atomic E-state index is -0.524. The van der Waals surface area contributed by atoms with Gasteiger partial charge in [0.1, 0.15) is 5.75 Å². The zero-order valence-corrected chi connectivity index (χ0v) is 12.5. The molecule has 1 aromatic rings. The molecule has 0 saturated heterocycles. The Labute approximate surface area is 127 Å². The first-order valence-electron chi connectivity index (χ1n) is 6.68. The van der Waals surface area contributed by atoms with Crippen molar-refractivity contribution >= 4 is 23.2 Å². The van der Waals surface area contributed by atoms with Crippen LogP contribution in [0.4, 0.5) is 5.69 Å². The zero-order valence-electron chi connectivity index (χ0n) is 11.7. The van der Waals surface area contributed by atoms with Crippen LogP contribution in [0.15, 0.2) is 18.2 Å². The van der Waals surface area contributed by atoms with Crippen molar-refractivity contribution in [1.29, 1.82) is 0 Å². The maximum atomic E-state index is 12.2. The molecule has 0 bridgehead atoms. The molecule has 1 aromatic carbocycles. The predicted octanol–water partition coefficient (Wildman–Crippen LogP) is 2.74. The van der Waals surface area contributed by atoms with Crippen molar-refractivity contribution in [3.63, 3.8) is 0 Å². The second kappa shape index (κ2) is 6.30. The predicted molar refractivity (Wildman–Crippen MR) is 79.0 cm³/mol. The van der Waals surface area contributed by atoms with Crippen molar-refractivity contribution in [3.05, 3.63) is 33.9 Å². The van der Waals surface area contributed by atoms with Crippen LogP contribution in [-0.4, -0.2) is 30.4 Å². The molecule has 0 atom stereocenters. The lowest BCUT2D eigenvalue weighted by atomic mass is 10.0. The van der Waals surface area contributed by atoms with E-state index in [1.807, 2.05) is 0 Å². The van der Waals surface area contributed by atoms with Crippen LogP contribution in [0.25, 0.3) is 0 Å². The molecule has 0 unspecified atom stereocenters. The van der Waals surface area contributed by atoms with Crippen LogP contribution in [0.2, 0.25) is 0 Å². The Morgan fingerprint density at radius 3 is 2.76 bits per heavy atom. The summed E-state index contributed by atoms with van der Waals surface area (Å²) in [6.07, 6.45) is 3.01. The minimum Gasteiger partial charge on any atom is -0.496 e. The van der Waals surface area contributed by atoms with E-state index in [1.54, 1.807) is 0 Å². The van der Waals surface area contributed by atoms with Crippen LogP contribution in [-0.2, 0) is 0 Å². The van der Waals surface area contributed by atoms with E-state index >= 15 is 0 Å². The Balaban J connectivity index is 2.07. The maximum Gasteiger partial charge on any atom is 0.273 e. The Morgan fingerprint density at radius 2 is 2.24 bits per heavy atom. The summed E-state index contributed by atoms with van der Waals surface area (Å²) in [6, 6.07) is 3.96. The molecular weight excluding hydrogens is 296 g/mol. The lowest BCUT2D eigenvalue weighted by Crippen LogP contribution is -2.30. The number of benzene rings is 1. The van der Waals surface area contributed by atoms with Crippen LogP contribution in [0, 0.1) is 15.5 Å². The van der Waals surface area contributed by atoms with Gasteiger partial charge < -0.3 is 10.1 Å². The van der Waals surface area contributed by atoms with Crippen LogP contribution in [0.3, 0.4) is 0 Å². The highest BCUT2D eigenvalue weighted by Crippen LogP contribution is 2.48. The van der Waals surface area contributed by atoms with Crippen molar-refractivity contribution in [2.75, 3.05) is 19.5 Å². The average Bonchev–Trinajstić information content (AvgIpc) is 3.24. The van der Waals surface area contributed by atoms with Crippen LogP contribution in [0.1, 0.15) is 29.6 Å². The Bertz CT molecular complexity index is 558. The molecule has 7 heteroatoms. The number of rotatable bonds is 7. The van der Waals surface area contributed by atoms with E-state index in [-0.39, 0.29) is 22.8 Å². The zero-order chi connectivity index (χ0) is 15.5. The molecule has 1 amide bonds. The first-order chi connectivity index (χ1) is 10.0. The number of amides is 1. The number of hydrogen-bond donors (Lipinski definition) is 1. The summed E-state index contributed by atoms with van der Waals surface area (Å²) in [7, 11) is 1.38. The normalized spacial score (nSPS) is 15.3. The number of methoxy groups -OCH3 is 1. The van der Waals surface area contributed by atoms with E-state index in [0.29, 0.717) is 18.0 Å². The van der Waals surface area contributed by atoms with Gasteiger partial charge in [0, 0.05) is 18.5 Å². The molecule has 1 fully saturated rings. The molecular formula is C14H17ClN2O4. The number of nitro groups is 1. The third kappa shape index (κ3) is 3.64. The molecule has 2 rings (SSSR count). The van der Waals surface area contributed by atoms with Gasteiger partial charge in [0.25, 0.3) is 11.6 Å². The van der Waals surface area contributed by atoms with E-state index in [0.717, 1.165) is 19.3 Å². The van der Waals surface area contributed by atoms with Gasteiger partial charge in [0.05, 0.1) is 23.7 Å². The topological polar surface area (TPSA) is 81.5 Å². The fourth-order valence-electron chi connectivity index (χ4n) is 2.24. The fourth-order valence-corrected chi connectivity index (χ4v) is 2.64. The number of halogens is 1. The lowest BCUT2D eigenvalue weighted by molar-refractivity contribution is -0.384. The Morgan fingerprint density at radius 1 is 1.52 bits per heavy atom. The first kappa shape index (κ1) is 15.6. The van der Waals surface area contributed by atoms with Crippen LogP contribution >= 0.6 is 11.6 Å². The second-order valence-corrected chi connectivity index (χ2v) is 5.64. The van der Waals surface area contributed by atoms with E-state index in [2.05, 4.69) is 5.32 Å². The lowest BCUT2D eigenvalue weighted by Gasteiger charge is -2.15. The molecule has 114 valence electrons. The number of carbonyl (C=O) groups excluding carboxylic acids is 1. The SMILES string of the molecule is COc1cc([N+](=O)[O-])ccc1C(=O)NCC1(CCCl)CC1. The fraction of sp³-hybridized carbons (Fsp3) is 0.500. The van der Waals surface area contributed by atoms with Crippen molar-refractivity contribution in [2.24, 2.45) is 5.41 Å². The number of alkyl halides is 1. The Hall–Kier alpha value is -1.82. The summed E-state index contributed by atoms with van der Waals surface area (Å²) >= 11 is 5.76. The van der Waals surface area contributed by atoms with Crippen molar-refractivity contribution in [3.8, 4) is 5.75 Å². The summed E-state index contributed by atoms with van der Waals surface area (Å²) in [5, 5.41) is 13.6. The highest BCUT2D eigenvalue weighted by molar-refractivity contribution is 6.17. The average molecular weight is 313 g/mol. The highest BCUT2D eigenvalue weighted by Gasteiger charge is 2.41. The van der Waals surface area contributed by atoms with Crippen molar-refractivity contribution in [1.82, 2.24) is 5.32 Å². The number of hydrogen-bond acceptors (Lipinski definition) is 4. The monoisotopic (exact) mass is 312 g/mol. The quantitative estimate of drug-likeness (QED) is 0.477. The molecule has 0 heterocycles. The van der Waals surface area contributed by atoms with Crippen molar-refractivity contribution < 1.29 is 14.5 Å². The standard InChI is InChI=1S/C14H17ClN2O4/c1-21-12-8-10(17(19)20)2-3-11(12)13(18)16-9-14(4-5-14)6-7-15/h2-3,8H,4-7,9H2,1H3,(H,16,18). The van der Waals surface area contributed by atoms with Gasteiger partial charge in [0.15, 0.2) is 0 Å². The van der Waals surface area contributed by atoms with Crippen LogP contribution in [0.5, 0.6) is 5.75 Å². The number of non-ortho nitro benzene ring substituents is 1. The molecule has 1 saturated carbocycles. The number of carbonyl (C=O) groups is 1. The molecule has 1 N–H and O–H groups in total. The van der Waals surface area contributed by atoms with Gasteiger partial charge in [-0.25, -0.2) is 0 Å². The number of ether oxygens (including phenoxy) is 1. The molecule has 0 aromatic heterocycles. The van der Waals surface area contributed by atoms with Gasteiger partial charge in [-0.05, 0) is 30.7 Å². The van der Waals surface area contributed by atoms with Crippen molar-refractivity contribution in [2.45, 2.75) is 19.3 Å². The second-order valence-electron chi connectivity index (χ2n) is 5.26. The molecule has 21 heavy (non-hydrogen) atoms. The van der Waals surface area contributed by atoms with Gasteiger partial charge in [-0.3, -0.25) is 14.9 Å². The summed E-state index contributed by atoms with van der Waals surface area (Å²) in [4.78, 5) is 22.4. The number of nitro benzene ring substituents is 1. The van der Waals surface area contributed by atoms with Gasteiger partial charge in [-0.1, -0.05) is 0 Å². The van der Waals surface area contributed by atoms with E-state index in [9.17, 15) is 14.9 Å². The van der Waals surface area contributed by atoms with E-state index in [4.69, 9.17) is 16.3 Å². The molecule has 1 aliphatic carbocycles. The van der Waals surface area contributed by atoms with Gasteiger partial charge in [-0.15, -0.1) is 11.6 Å². The molecule has 0 radical (unpaired) electrons. The molecule has 0 aliphatic heterocycles. The number of nitrogens with zero attached hydrogens (tertiary/aromatic N) is 1. The largest absolute Gasteiger partial charge is 0.496 e. The summed E-state index contributed by atoms with van der Waals surface area (Å²) < 4.78 is 5.07. The molecule has 0 spiro atoms. The number of nitrogens with one attached hydrogen (secondary N) is 1. The summed E-state index contributed by atoms with van der Waals surface area (Å²) in [5.41, 5.74) is 0.319. The minimum absolute atomic E-state index is 0.107. The van der Waals surface area contributed by atoms with E-state index < -0.39 is 4.92 Å². The van der Waals surface area contributed by atoms with E-state index in [1.165, 1.54) is 25.3 Å². The maximum absolute atomic E-state index is 12.2. The van der Waals surface area contributed by atoms with Crippen LogP contribution < -0.4 is 10.1 Å². The molecule has 6 nitrogen and oxygen atoms in total.